The maximum atomic E-state index is 12.3. The maximum absolute atomic E-state index is 12.3. The molecule has 3 rings (SSSR count). The van der Waals surface area contributed by atoms with Crippen LogP contribution >= 0.6 is 11.3 Å². The summed E-state index contributed by atoms with van der Waals surface area (Å²) in [4.78, 5) is 12.3. The second-order valence-corrected chi connectivity index (χ2v) is 8.72. The van der Waals surface area contributed by atoms with E-state index in [1.807, 2.05) is 0 Å². The van der Waals surface area contributed by atoms with Crippen molar-refractivity contribution < 1.29 is 22.5 Å². The molecule has 0 aliphatic carbocycles. The lowest BCUT2D eigenvalue weighted by Gasteiger charge is -2.27. The van der Waals surface area contributed by atoms with Gasteiger partial charge in [0, 0.05) is 5.56 Å². The van der Waals surface area contributed by atoms with Crippen molar-refractivity contribution in [2.75, 3.05) is 6.61 Å². The number of carbonyl (C=O) groups is 1. The Balaban J connectivity index is 1.81. The Kier molecular flexibility index (Phi) is 4.15. The molecule has 2 aromatic rings. The average Bonchev–Trinajstić information content (AvgIpc) is 3.14. The largest absolute Gasteiger partial charge is 0.476 e. The van der Waals surface area contributed by atoms with Crippen molar-refractivity contribution >= 4 is 27.1 Å². The fourth-order valence-corrected chi connectivity index (χ4v) is 5.74. The summed E-state index contributed by atoms with van der Waals surface area (Å²) in [6, 6.07) is 2.78. The predicted molar refractivity (Wildman–Crippen MR) is 83.5 cm³/mol. The summed E-state index contributed by atoms with van der Waals surface area (Å²) in [6.07, 6.45) is 0.324. The summed E-state index contributed by atoms with van der Waals surface area (Å²) in [5.74, 6) is -0.170. The Hall–Kier alpha value is -1.87. The number of nitrogens with one attached hydrogen (secondary N) is 1. The van der Waals surface area contributed by atoms with Gasteiger partial charge >= 0.3 is 0 Å². The van der Waals surface area contributed by atoms with Gasteiger partial charge in [-0.25, -0.2) is 8.42 Å². The van der Waals surface area contributed by atoms with Crippen LogP contribution in [0.1, 0.15) is 42.4 Å². The van der Waals surface area contributed by atoms with Crippen LogP contribution < -0.4 is 10.1 Å². The zero-order valence-electron chi connectivity index (χ0n) is 12.6. The van der Waals surface area contributed by atoms with Crippen molar-refractivity contribution in [3.8, 4) is 5.88 Å². The van der Waals surface area contributed by atoms with Crippen LogP contribution in [0.4, 0.5) is 0 Å². The third-order valence-electron chi connectivity index (χ3n) is 3.70. The van der Waals surface area contributed by atoms with Gasteiger partial charge in [-0.15, -0.1) is 11.3 Å². The lowest BCUT2D eigenvalue weighted by Crippen LogP contribution is -2.36. The Morgan fingerprint density at radius 3 is 3.09 bits per heavy atom. The van der Waals surface area contributed by atoms with Crippen LogP contribution in [0.25, 0.3) is 0 Å². The summed E-state index contributed by atoms with van der Waals surface area (Å²) in [7, 11) is -3.30. The van der Waals surface area contributed by atoms with E-state index >= 15 is 0 Å². The fourth-order valence-electron chi connectivity index (χ4n) is 2.51. The number of ether oxygens (including phenoxy) is 1. The third kappa shape index (κ3) is 2.86. The molecule has 0 fully saturated rings. The van der Waals surface area contributed by atoms with Crippen LogP contribution in [-0.4, -0.2) is 31.3 Å². The van der Waals surface area contributed by atoms with E-state index < -0.39 is 21.0 Å². The average molecular weight is 356 g/mol. The molecule has 124 valence electrons. The molecule has 9 heteroatoms. The summed E-state index contributed by atoms with van der Waals surface area (Å²) < 4.78 is 35.0. The second kappa shape index (κ2) is 5.97. The quantitative estimate of drug-likeness (QED) is 0.901. The first kappa shape index (κ1) is 16.0. The highest BCUT2D eigenvalue weighted by Crippen LogP contribution is 2.39. The molecular formula is C14H16N2O5S2. The molecule has 2 aromatic heterocycles. The molecule has 3 heterocycles. The normalized spacial score (nSPS) is 22.3. The first-order valence-electron chi connectivity index (χ1n) is 7.15. The Bertz CT molecular complexity index is 824. The van der Waals surface area contributed by atoms with Gasteiger partial charge in [0.15, 0.2) is 9.84 Å². The molecule has 2 atom stereocenters. The second-order valence-electron chi connectivity index (χ2n) is 5.24. The predicted octanol–water partition coefficient (Wildman–Crippen LogP) is 2.17. The van der Waals surface area contributed by atoms with E-state index in [1.165, 1.54) is 17.4 Å². The zero-order valence-corrected chi connectivity index (χ0v) is 14.2. The number of aromatic nitrogens is 1. The minimum absolute atomic E-state index is 0.0336. The first-order valence-corrected chi connectivity index (χ1v) is 9.57. The Labute approximate surface area is 137 Å². The number of nitrogens with zero attached hydrogens (tertiary/aromatic N) is 1. The van der Waals surface area contributed by atoms with Gasteiger partial charge in [0.05, 0.1) is 24.0 Å². The molecule has 0 saturated heterocycles. The Morgan fingerprint density at radius 1 is 1.57 bits per heavy atom. The summed E-state index contributed by atoms with van der Waals surface area (Å²) in [6.45, 7) is 3.87. The molecule has 1 amide bonds. The van der Waals surface area contributed by atoms with Crippen LogP contribution in [0, 0.1) is 0 Å². The van der Waals surface area contributed by atoms with Crippen LogP contribution in [-0.2, 0) is 9.84 Å². The number of fused-ring (bicyclic) bond motifs is 1. The van der Waals surface area contributed by atoms with Gasteiger partial charge < -0.3 is 14.6 Å². The van der Waals surface area contributed by atoms with E-state index in [0.717, 1.165) is 0 Å². The molecule has 0 saturated carbocycles. The molecule has 7 nitrogen and oxygen atoms in total. The van der Waals surface area contributed by atoms with E-state index in [4.69, 9.17) is 9.26 Å². The molecule has 23 heavy (non-hydrogen) atoms. The van der Waals surface area contributed by atoms with Gasteiger partial charge in [0.1, 0.15) is 4.21 Å². The van der Waals surface area contributed by atoms with E-state index in [1.54, 1.807) is 25.3 Å². The molecule has 0 bridgehead atoms. The van der Waals surface area contributed by atoms with Crippen LogP contribution in [0.2, 0.25) is 0 Å². The first-order chi connectivity index (χ1) is 10.9. The summed E-state index contributed by atoms with van der Waals surface area (Å²) in [5, 5.41) is 7.63. The van der Waals surface area contributed by atoms with Crippen molar-refractivity contribution in [3.63, 3.8) is 0 Å². The highest BCUT2D eigenvalue weighted by Gasteiger charge is 2.38. The van der Waals surface area contributed by atoms with Gasteiger partial charge in [0.2, 0.25) is 5.76 Å². The van der Waals surface area contributed by atoms with E-state index in [2.05, 4.69) is 10.5 Å². The molecule has 1 aliphatic rings. The number of amides is 1. The van der Waals surface area contributed by atoms with Crippen molar-refractivity contribution in [2.45, 2.75) is 35.8 Å². The highest BCUT2D eigenvalue weighted by molar-refractivity contribution is 7.94. The smallest absolute Gasteiger partial charge is 0.290 e. The molecule has 1 N–H and O–H groups in total. The van der Waals surface area contributed by atoms with Crippen LogP contribution in [0.15, 0.2) is 26.2 Å². The number of hydrogen-bond donors (Lipinski definition) is 1. The van der Waals surface area contributed by atoms with E-state index in [-0.39, 0.29) is 17.7 Å². The van der Waals surface area contributed by atoms with Crippen LogP contribution in [0.3, 0.4) is 0 Å². The third-order valence-corrected chi connectivity index (χ3v) is 7.41. The zero-order chi connectivity index (χ0) is 16.6. The van der Waals surface area contributed by atoms with Crippen molar-refractivity contribution in [1.29, 1.82) is 0 Å². The molecule has 0 aromatic carbocycles. The van der Waals surface area contributed by atoms with E-state index in [0.29, 0.717) is 22.8 Å². The molecule has 0 spiro atoms. The highest BCUT2D eigenvalue weighted by atomic mass is 32.2. The minimum Gasteiger partial charge on any atom is -0.476 e. The number of sulfone groups is 1. The van der Waals surface area contributed by atoms with Gasteiger partial charge in [-0.1, -0.05) is 0 Å². The summed E-state index contributed by atoms with van der Waals surface area (Å²) in [5.41, 5.74) is 0.631. The van der Waals surface area contributed by atoms with Crippen molar-refractivity contribution in [1.82, 2.24) is 10.5 Å². The molecule has 0 unspecified atom stereocenters. The number of carbonyl (C=O) groups excluding carboxylic acids is 1. The minimum atomic E-state index is -3.30. The summed E-state index contributed by atoms with van der Waals surface area (Å²) >= 11 is 1.18. The Morgan fingerprint density at radius 2 is 2.35 bits per heavy atom. The topological polar surface area (TPSA) is 98.5 Å². The van der Waals surface area contributed by atoms with Gasteiger partial charge in [-0.05, 0) is 36.9 Å². The van der Waals surface area contributed by atoms with Crippen LogP contribution in [0.5, 0.6) is 5.88 Å². The molecule has 0 radical (unpaired) electrons. The van der Waals surface area contributed by atoms with Gasteiger partial charge in [0.25, 0.3) is 11.8 Å². The molecule has 1 aliphatic heterocycles. The monoisotopic (exact) mass is 356 g/mol. The SMILES string of the molecule is CCOc1cc(C(=O)N[C@H]2C[C@H](C)S(=O)(=O)c3sccc32)on1. The lowest BCUT2D eigenvalue weighted by molar-refractivity contribution is 0.0895. The van der Waals surface area contributed by atoms with Gasteiger partial charge in [-0.2, -0.15) is 0 Å². The lowest BCUT2D eigenvalue weighted by atomic mass is 10.0. The molecular weight excluding hydrogens is 340 g/mol. The number of rotatable bonds is 4. The van der Waals surface area contributed by atoms with Crippen molar-refractivity contribution in [3.05, 3.63) is 28.8 Å². The van der Waals surface area contributed by atoms with E-state index in [9.17, 15) is 13.2 Å². The standard InChI is InChI=1S/C14H16N2O5S2/c1-3-20-12-7-11(21-16-12)13(17)15-10-6-8(2)23(18,19)14-9(10)4-5-22-14/h4-5,7-8,10H,3,6H2,1-2H3,(H,15,17)/t8-,10-/m0/s1. The van der Waals surface area contributed by atoms with Crippen molar-refractivity contribution in [2.24, 2.45) is 0 Å². The number of hydrogen-bond acceptors (Lipinski definition) is 7. The van der Waals surface area contributed by atoms with Gasteiger partial charge in [-0.3, -0.25) is 4.79 Å². The maximum Gasteiger partial charge on any atom is 0.290 e. The fraction of sp³-hybridized carbons (Fsp3) is 0.429. The number of thiophene rings is 1.